The maximum Gasteiger partial charge on any atom is 0.203 e. The number of nitrogens with one attached hydrogen (secondary N) is 1. The second-order valence-corrected chi connectivity index (χ2v) is 2.94. The summed E-state index contributed by atoms with van der Waals surface area (Å²) in [5.74, 6) is 0.833. The van der Waals surface area contributed by atoms with Gasteiger partial charge in [-0.25, -0.2) is 4.98 Å². The Morgan fingerprint density at radius 3 is 3.17 bits per heavy atom. The third-order valence-corrected chi connectivity index (χ3v) is 1.63. The maximum absolute atomic E-state index is 5.60. The predicted octanol–water partition coefficient (Wildman–Crippen LogP) is 2.07. The van der Waals surface area contributed by atoms with Crippen molar-refractivity contribution in [1.82, 2.24) is 9.55 Å². The molecule has 0 bridgehead atoms. The molecule has 0 aromatic carbocycles. The first-order chi connectivity index (χ1) is 5.74. The van der Waals surface area contributed by atoms with Gasteiger partial charge in [-0.2, -0.15) is 0 Å². The van der Waals surface area contributed by atoms with Gasteiger partial charge in [0.2, 0.25) is 5.95 Å². The molecule has 3 nitrogen and oxygen atoms in total. The van der Waals surface area contributed by atoms with Crippen LogP contribution in [0.4, 0.5) is 5.95 Å². The average molecular weight is 186 g/mol. The molecule has 0 amide bonds. The van der Waals surface area contributed by atoms with Crippen LogP contribution in [0.2, 0.25) is 0 Å². The number of anilines is 1. The van der Waals surface area contributed by atoms with Crippen molar-refractivity contribution in [2.45, 2.75) is 13.5 Å². The predicted molar refractivity (Wildman–Crippen MR) is 51.4 cm³/mol. The van der Waals surface area contributed by atoms with Gasteiger partial charge < -0.3 is 9.88 Å². The minimum absolute atomic E-state index is 0.554. The van der Waals surface area contributed by atoms with Crippen molar-refractivity contribution in [3.8, 4) is 0 Å². The summed E-state index contributed by atoms with van der Waals surface area (Å²) in [5, 5.41) is 3.65. The Bertz CT molecular complexity index is 267. The van der Waals surface area contributed by atoms with Crippen LogP contribution in [0.1, 0.15) is 6.92 Å². The van der Waals surface area contributed by atoms with Gasteiger partial charge in [-0.15, -0.1) is 0 Å². The minimum Gasteiger partial charge on any atom is -0.351 e. The van der Waals surface area contributed by atoms with E-state index in [-0.39, 0.29) is 0 Å². The van der Waals surface area contributed by atoms with Crippen LogP contribution in [0.5, 0.6) is 0 Å². The van der Waals surface area contributed by atoms with E-state index in [9.17, 15) is 0 Å². The third-order valence-electron chi connectivity index (χ3n) is 1.49. The van der Waals surface area contributed by atoms with E-state index in [0.717, 1.165) is 12.5 Å². The quantitative estimate of drug-likeness (QED) is 0.779. The van der Waals surface area contributed by atoms with E-state index in [0.29, 0.717) is 11.6 Å². The second-order valence-electron chi connectivity index (χ2n) is 2.41. The molecule has 12 heavy (non-hydrogen) atoms. The van der Waals surface area contributed by atoms with Crippen LogP contribution in [-0.2, 0) is 6.54 Å². The first kappa shape index (κ1) is 9.13. The van der Waals surface area contributed by atoms with Gasteiger partial charge in [0.1, 0.15) is 0 Å². The summed E-state index contributed by atoms with van der Waals surface area (Å²) in [6.45, 7) is 7.09. The average Bonchev–Trinajstić information content (AvgIpc) is 2.47. The van der Waals surface area contributed by atoms with E-state index < -0.39 is 0 Å². The van der Waals surface area contributed by atoms with Crippen molar-refractivity contribution in [2.75, 3.05) is 11.9 Å². The summed E-state index contributed by atoms with van der Waals surface area (Å²) >= 11 is 5.60. The summed E-state index contributed by atoms with van der Waals surface area (Å²) in [6, 6.07) is 0. The molecule has 0 aliphatic heterocycles. The fraction of sp³-hybridized carbons (Fsp3) is 0.375. The molecule has 0 fully saturated rings. The first-order valence-electron chi connectivity index (χ1n) is 3.82. The van der Waals surface area contributed by atoms with Crippen LogP contribution in [0.15, 0.2) is 24.0 Å². The Labute approximate surface area is 77.1 Å². The van der Waals surface area contributed by atoms with Crippen molar-refractivity contribution in [2.24, 2.45) is 0 Å². The summed E-state index contributed by atoms with van der Waals surface area (Å²) in [6.07, 6.45) is 3.67. The van der Waals surface area contributed by atoms with Crippen molar-refractivity contribution >= 4 is 17.5 Å². The highest BCUT2D eigenvalue weighted by atomic mass is 35.5. The highest BCUT2D eigenvalue weighted by Crippen LogP contribution is 2.05. The SMILES string of the molecule is C=C(Cl)CNc1nccn1CC. The van der Waals surface area contributed by atoms with Crippen molar-refractivity contribution < 1.29 is 0 Å². The van der Waals surface area contributed by atoms with Crippen LogP contribution in [0.3, 0.4) is 0 Å². The monoisotopic (exact) mass is 185 g/mol. The molecule has 4 heteroatoms. The molecule has 1 aromatic rings. The zero-order chi connectivity index (χ0) is 8.97. The van der Waals surface area contributed by atoms with Crippen LogP contribution in [0.25, 0.3) is 0 Å². The smallest absolute Gasteiger partial charge is 0.203 e. The lowest BCUT2D eigenvalue weighted by molar-refractivity contribution is 0.767. The number of nitrogens with zero attached hydrogens (tertiary/aromatic N) is 2. The molecule has 0 radical (unpaired) electrons. The van der Waals surface area contributed by atoms with Crippen LogP contribution < -0.4 is 5.32 Å². The number of hydrogen-bond acceptors (Lipinski definition) is 2. The lowest BCUT2D eigenvalue weighted by Crippen LogP contribution is -2.07. The normalized spacial score (nSPS) is 9.83. The largest absolute Gasteiger partial charge is 0.351 e. The van der Waals surface area contributed by atoms with Gasteiger partial charge in [-0.3, -0.25) is 0 Å². The number of rotatable bonds is 4. The van der Waals surface area contributed by atoms with E-state index in [1.165, 1.54) is 0 Å². The van der Waals surface area contributed by atoms with Gasteiger partial charge in [0.25, 0.3) is 0 Å². The van der Waals surface area contributed by atoms with Crippen LogP contribution in [0, 0.1) is 0 Å². The van der Waals surface area contributed by atoms with Gasteiger partial charge in [0.15, 0.2) is 0 Å². The second kappa shape index (κ2) is 4.16. The summed E-state index contributed by atoms with van der Waals surface area (Å²) in [7, 11) is 0. The van der Waals surface area contributed by atoms with E-state index in [4.69, 9.17) is 11.6 Å². The van der Waals surface area contributed by atoms with Gasteiger partial charge in [0.05, 0.1) is 6.54 Å². The number of imidazole rings is 1. The number of aryl methyl sites for hydroxylation is 1. The van der Waals surface area contributed by atoms with Gasteiger partial charge in [-0.1, -0.05) is 18.2 Å². The first-order valence-corrected chi connectivity index (χ1v) is 4.20. The lowest BCUT2D eigenvalue weighted by Gasteiger charge is -2.05. The highest BCUT2D eigenvalue weighted by Gasteiger charge is 1.98. The molecule has 66 valence electrons. The van der Waals surface area contributed by atoms with Crippen LogP contribution >= 0.6 is 11.6 Å². The molecule has 0 aliphatic carbocycles. The van der Waals surface area contributed by atoms with Crippen molar-refractivity contribution in [1.29, 1.82) is 0 Å². The Balaban J connectivity index is 2.56. The van der Waals surface area contributed by atoms with Gasteiger partial charge in [0, 0.05) is 24.0 Å². The molecule has 0 atom stereocenters. The standard InChI is InChI=1S/C8H12ClN3/c1-3-12-5-4-10-8(12)11-6-7(2)9/h4-5H,2-3,6H2,1H3,(H,10,11). The molecular weight excluding hydrogens is 174 g/mol. The molecule has 0 aliphatic rings. The molecule has 1 rings (SSSR count). The lowest BCUT2D eigenvalue weighted by atomic mass is 10.6. The molecular formula is C8H12ClN3. The maximum atomic E-state index is 5.60. The van der Waals surface area contributed by atoms with E-state index in [1.54, 1.807) is 6.20 Å². The zero-order valence-corrected chi connectivity index (χ0v) is 7.80. The molecule has 1 N–H and O–H groups in total. The zero-order valence-electron chi connectivity index (χ0n) is 7.05. The summed E-state index contributed by atoms with van der Waals surface area (Å²) in [5.41, 5.74) is 0. The van der Waals surface area contributed by atoms with E-state index >= 15 is 0 Å². The van der Waals surface area contributed by atoms with Gasteiger partial charge >= 0.3 is 0 Å². The molecule has 1 aromatic heterocycles. The molecule has 0 saturated heterocycles. The number of hydrogen-bond donors (Lipinski definition) is 1. The highest BCUT2D eigenvalue weighted by molar-refractivity contribution is 6.29. The van der Waals surface area contributed by atoms with E-state index in [2.05, 4.69) is 23.8 Å². The Morgan fingerprint density at radius 2 is 2.58 bits per heavy atom. The van der Waals surface area contributed by atoms with E-state index in [1.807, 2.05) is 10.8 Å². The fourth-order valence-electron chi connectivity index (χ4n) is 0.906. The number of halogens is 1. The Hall–Kier alpha value is -0.960. The van der Waals surface area contributed by atoms with Crippen molar-refractivity contribution in [3.63, 3.8) is 0 Å². The third kappa shape index (κ3) is 2.27. The topological polar surface area (TPSA) is 29.9 Å². The van der Waals surface area contributed by atoms with Crippen molar-refractivity contribution in [3.05, 3.63) is 24.0 Å². The molecule has 1 heterocycles. The molecule has 0 unspecified atom stereocenters. The minimum atomic E-state index is 0.554. The Kier molecular flexibility index (Phi) is 3.17. The Morgan fingerprint density at radius 1 is 1.83 bits per heavy atom. The molecule has 0 saturated carbocycles. The fourth-order valence-corrected chi connectivity index (χ4v) is 0.973. The van der Waals surface area contributed by atoms with Gasteiger partial charge in [-0.05, 0) is 6.92 Å². The summed E-state index contributed by atoms with van der Waals surface area (Å²) in [4.78, 5) is 4.11. The molecule has 0 spiro atoms. The van der Waals surface area contributed by atoms with Crippen LogP contribution in [-0.4, -0.2) is 16.1 Å². The number of aromatic nitrogens is 2. The summed E-state index contributed by atoms with van der Waals surface area (Å²) < 4.78 is 2.00.